The van der Waals surface area contributed by atoms with Gasteiger partial charge in [-0.05, 0) is 0 Å². The molecule has 0 N–H and O–H groups in total. The predicted molar refractivity (Wildman–Crippen MR) is 172 cm³/mol. The van der Waals surface area contributed by atoms with Gasteiger partial charge in [-0.2, -0.15) is 0 Å². The van der Waals surface area contributed by atoms with Crippen molar-refractivity contribution in [2.45, 2.75) is 155 Å². The maximum Gasteiger partial charge on any atom is 0.368 e. The summed E-state index contributed by atoms with van der Waals surface area (Å²) in [5.41, 5.74) is 0. The minimum atomic E-state index is -0.407. The average molecular weight is 548 g/mol. The summed E-state index contributed by atoms with van der Waals surface area (Å²) in [5.74, 6) is 2.78. The molecule has 0 saturated carbocycles. The van der Waals surface area contributed by atoms with Crippen LogP contribution in [0.4, 0.5) is 0 Å². The average Bonchev–Trinajstić information content (AvgIpc) is 2.67. The molecule has 6 radical (unpaired) electrons. The first kappa shape index (κ1) is 51.1. The van der Waals surface area contributed by atoms with Crippen LogP contribution in [0, 0.1) is 17.8 Å². The molecule has 0 spiro atoms. The van der Waals surface area contributed by atoms with Gasteiger partial charge in [0.15, 0.2) is 0 Å². The van der Waals surface area contributed by atoms with Crippen molar-refractivity contribution >= 4 is 124 Å². The van der Waals surface area contributed by atoms with Gasteiger partial charge in [-0.25, -0.2) is 0 Å². The predicted octanol–water partition coefficient (Wildman–Crippen LogP) is 9.56. The molecule has 0 aromatic carbocycles. The summed E-state index contributed by atoms with van der Waals surface area (Å²) >= 11 is 0.307. The summed E-state index contributed by atoms with van der Waals surface area (Å²) < 4.78 is 5.86. The van der Waals surface area contributed by atoms with Crippen molar-refractivity contribution in [3.05, 3.63) is 0 Å². The minimum absolute atomic E-state index is 0. The van der Waals surface area contributed by atoms with Crippen LogP contribution in [0.2, 0.25) is 33.5 Å². The van der Waals surface area contributed by atoms with Gasteiger partial charge in [0.05, 0.1) is 0 Å². The zero-order chi connectivity index (χ0) is 24.5. The number of hydrogen-bond acceptors (Lipinski definition) is 0. The zero-order valence-electron chi connectivity index (χ0n) is 26.6. The third kappa shape index (κ3) is 52.7. The lowest BCUT2D eigenvalue weighted by atomic mass is 10.2. The Morgan fingerprint density at radius 2 is 0.853 bits per heavy atom. The molecule has 188 valence electrons. The molecule has 0 saturated heterocycles. The topological polar surface area (TPSA) is 0 Å². The smallest absolute Gasteiger partial charge is 0.146 e. The van der Waals surface area contributed by atoms with Crippen LogP contribution in [-0.2, 0) is 0 Å². The normalized spacial score (nSPS) is 10.3. The molecule has 0 rings (SSSR count). The van der Waals surface area contributed by atoms with Crippen molar-refractivity contribution in [3.8, 4) is 0 Å². The highest BCUT2D eigenvalue weighted by molar-refractivity contribution is 6.58. The van der Waals surface area contributed by atoms with Crippen LogP contribution in [0.15, 0.2) is 0 Å². The van der Waals surface area contributed by atoms with Crippen molar-refractivity contribution in [2.75, 3.05) is 0 Å². The van der Waals surface area contributed by atoms with E-state index < -0.39 is 14.1 Å². The van der Waals surface area contributed by atoms with E-state index in [0.717, 1.165) is 21.8 Å². The second-order valence-electron chi connectivity index (χ2n) is 11.5. The lowest BCUT2D eigenvalue weighted by molar-refractivity contribution is 0.659. The summed E-state index contributed by atoms with van der Waals surface area (Å²) in [4.78, 5) is 0. The van der Waals surface area contributed by atoms with Crippen molar-refractivity contribution < 1.29 is 0 Å². The maximum absolute atomic E-state index is 2.40. The van der Waals surface area contributed by atoms with Gasteiger partial charge >= 0.3 is 40.7 Å². The fourth-order valence-electron chi connectivity index (χ4n) is 4.27. The maximum atomic E-state index is 2.40. The monoisotopic (exact) mass is 546 g/mol. The van der Waals surface area contributed by atoms with E-state index in [2.05, 4.69) is 76.2 Å². The lowest BCUT2D eigenvalue weighted by Crippen LogP contribution is -2.19. The molecule has 0 amide bonds. The van der Waals surface area contributed by atoms with Crippen molar-refractivity contribution in [1.29, 1.82) is 0 Å². The Kier molecular flexibility index (Phi) is 62.9. The first-order valence-corrected chi connectivity index (χ1v) is 20.9. The second kappa shape index (κ2) is 41.8. The molecule has 0 aliphatic rings. The third-order valence-corrected chi connectivity index (χ3v) is 15.4. The van der Waals surface area contributed by atoms with E-state index in [0.29, 0.717) is 40.7 Å². The number of hydrogen-bond donors (Lipinski definition) is 0. The van der Waals surface area contributed by atoms with Gasteiger partial charge in [0, 0.05) is 69.2 Å². The standard InChI is InChI=1S/7C4H9.Al.5Mg/c3*1-4(2)3;4*1-3-4-2;;;;;;/h3*4H,1H2,2-3H3;3H,4H2,1-2H3;3*1,3-4H2,2H3;;;;;;. The molecular weight excluding hydrogens is 485 g/mol. The van der Waals surface area contributed by atoms with E-state index >= 15 is 0 Å². The second-order valence-corrected chi connectivity index (χ2v) is 19.5. The van der Waals surface area contributed by atoms with E-state index in [1.165, 1.54) is 44.9 Å². The van der Waals surface area contributed by atoms with Gasteiger partial charge in [0.25, 0.3) is 14.1 Å². The van der Waals surface area contributed by atoms with Crippen LogP contribution in [-0.4, -0.2) is 124 Å². The van der Waals surface area contributed by atoms with Crippen LogP contribution in [0.25, 0.3) is 0 Å². The highest BCUT2D eigenvalue weighted by atomic mass is 27.2. The largest absolute Gasteiger partial charge is 0.368 e. The molecular formula is C28H63AlMg5. The summed E-state index contributed by atoms with van der Waals surface area (Å²) in [7, 11) is 0. The molecule has 0 heterocycles. The zero-order valence-corrected chi connectivity index (χ0v) is 34.8. The van der Waals surface area contributed by atoms with E-state index in [-0.39, 0.29) is 69.2 Å². The number of unbranched alkanes of at least 4 members (excludes halogenated alkanes) is 3. The Bertz CT molecular complexity index is 285. The Labute approximate surface area is 292 Å². The fourth-order valence-corrected chi connectivity index (χ4v) is 12.8. The lowest BCUT2D eigenvalue weighted by Gasteiger charge is -2.17. The van der Waals surface area contributed by atoms with Gasteiger partial charge < -0.3 is 0 Å². The molecule has 0 aromatic rings. The van der Waals surface area contributed by atoms with Crippen LogP contribution in [0.5, 0.6) is 0 Å². The summed E-state index contributed by atoms with van der Waals surface area (Å²) in [6.07, 6.45) is 10.1. The first-order valence-electron chi connectivity index (χ1n) is 14.6. The fraction of sp³-hybridized carbons (Fsp3) is 1.00. The summed E-state index contributed by atoms with van der Waals surface area (Å²) in [6.45, 7) is 25.8. The van der Waals surface area contributed by atoms with E-state index in [1.54, 1.807) is 29.5 Å². The molecule has 0 aliphatic carbocycles. The molecule has 0 aromatic heterocycles. The van der Waals surface area contributed by atoms with Gasteiger partial charge in [0.1, 0.15) is 0 Å². The van der Waals surface area contributed by atoms with Gasteiger partial charge in [0.2, 0.25) is 0 Å². The Morgan fingerprint density at radius 3 is 1.12 bits per heavy atom. The molecule has 0 nitrogen and oxygen atoms in total. The summed E-state index contributed by atoms with van der Waals surface area (Å²) in [5, 5.41) is 4.66. The van der Waals surface area contributed by atoms with Crippen molar-refractivity contribution in [1.82, 2.24) is 0 Å². The van der Waals surface area contributed by atoms with Crippen LogP contribution >= 0.6 is 0 Å². The molecule has 0 aliphatic heterocycles. The van der Waals surface area contributed by atoms with E-state index in [1.807, 2.05) is 0 Å². The summed E-state index contributed by atoms with van der Waals surface area (Å²) in [6, 6.07) is 0. The highest BCUT2D eigenvalue weighted by Gasteiger charge is 2.20. The minimum Gasteiger partial charge on any atom is -0.146 e. The molecule has 34 heavy (non-hydrogen) atoms. The Balaban J connectivity index is -0.0000000848. The van der Waals surface area contributed by atoms with E-state index in [9.17, 15) is 0 Å². The molecule has 6 heteroatoms. The molecule has 1 unspecified atom stereocenters. The Hall–Kier alpha value is 4.36. The first-order chi connectivity index (χ1) is 14.6. The van der Waals surface area contributed by atoms with Gasteiger partial charge in [-0.1, -0.05) is 155 Å². The van der Waals surface area contributed by atoms with Crippen LogP contribution in [0.3, 0.4) is 0 Å². The van der Waals surface area contributed by atoms with Gasteiger partial charge in [-0.3, -0.25) is 0 Å². The quantitative estimate of drug-likeness (QED) is 0.125. The SMILES string of the molecule is CC(C)[CH2][Al]([CH2]C(C)C)[CH2]C(C)C.CCC[CH2][Mg][CH2]CCC.CCC[CH2][Mg][CH](C)CC.[Mg].[Mg].[Mg]. The van der Waals surface area contributed by atoms with Crippen molar-refractivity contribution in [3.63, 3.8) is 0 Å². The van der Waals surface area contributed by atoms with Crippen molar-refractivity contribution in [2.24, 2.45) is 17.8 Å². The number of rotatable bonds is 17. The highest BCUT2D eigenvalue weighted by Crippen LogP contribution is 2.21. The molecule has 0 bridgehead atoms. The Morgan fingerprint density at radius 1 is 0.529 bits per heavy atom. The molecule has 1 atom stereocenters. The van der Waals surface area contributed by atoms with Gasteiger partial charge in [-0.15, -0.1) is 17.7 Å². The van der Waals surface area contributed by atoms with E-state index in [4.69, 9.17) is 0 Å². The third-order valence-electron chi connectivity index (χ3n) is 6.12. The van der Waals surface area contributed by atoms with Crippen LogP contribution < -0.4 is 0 Å². The molecule has 0 fully saturated rings. The van der Waals surface area contributed by atoms with Crippen LogP contribution in [0.1, 0.15) is 121 Å².